The Labute approximate surface area is 121 Å². The fourth-order valence-electron chi connectivity index (χ4n) is 2.08. The third-order valence-corrected chi connectivity index (χ3v) is 4.95. The Morgan fingerprint density at radius 3 is 2.61 bits per heavy atom. The first-order chi connectivity index (χ1) is 8.61. The molecule has 0 bridgehead atoms. The molecule has 0 radical (unpaired) electrons. The zero-order valence-corrected chi connectivity index (χ0v) is 13.2. The molecular formula is C14H17BrN2S. The third-order valence-electron chi connectivity index (χ3n) is 2.99. The lowest BCUT2D eigenvalue weighted by molar-refractivity contribution is 0.596. The molecule has 1 aromatic heterocycles. The number of aryl methyl sites for hydroxylation is 2. The van der Waals surface area contributed by atoms with E-state index >= 15 is 0 Å². The van der Waals surface area contributed by atoms with Gasteiger partial charge in [0.2, 0.25) is 0 Å². The molecule has 0 aliphatic rings. The van der Waals surface area contributed by atoms with E-state index in [4.69, 9.17) is 0 Å². The molecule has 1 aromatic carbocycles. The molecule has 4 heteroatoms. The van der Waals surface area contributed by atoms with Crippen LogP contribution in [-0.4, -0.2) is 12.0 Å². The Morgan fingerprint density at radius 1 is 1.33 bits per heavy atom. The average Bonchev–Trinajstić information content (AvgIpc) is 2.67. The van der Waals surface area contributed by atoms with E-state index in [-0.39, 0.29) is 0 Å². The second-order valence-corrected chi connectivity index (χ2v) is 6.41. The molecule has 1 atom stereocenters. The van der Waals surface area contributed by atoms with Crippen LogP contribution in [0.5, 0.6) is 0 Å². The number of hydrogen-bond acceptors (Lipinski definition) is 3. The molecular weight excluding hydrogens is 308 g/mol. The van der Waals surface area contributed by atoms with Gasteiger partial charge in [-0.2, -0.15) is 0 Å². The van der Waals surface area contributed by atoms with Gasteiger partial charge in [-0.15, -0.1) is 11.3 Å². The van der Waals surface area contributed by atoms with E-state index in [9.17, 15) is 0 Å². The molecule has 0 aliphatic heterocycles. The van der Waals surface area contributed by atoms with Gasteiger partial charge < -0.3 is 5.32 Å². The summed E-state index contributed by atoms with van der Waals surface area (Å²) in [6.45, 7) is 4.15. The molecule has 1 heterocycles. The SMILES string of the molecule is CNC(Cc1ccccc1Br)c1sc(C)nc1C. The van der Waals surface area contributed by atoms with Crippen molar-refractivity contribution >= 4 is 27.3 Å². The molecule has 96 valence electrons. The summed E-state index contributed by atoms with van der Waals surface area (Å²) in [5.41, 5.74) is 2.46. The van der Waals surface area contributed by atoms with Gasteiger partial charge in [-0.25, -0.2) is 4.98 Å². The van der Waals surface area contributed by atoms with E-state index in [2.05, 4.69) is 58.3 Å². The number of rotatable bonds is 4. The maximum atomic E-state index is 4.51. The number of nitrogens with one attached hydrogen (secondary N) is 1. The topological polar surface area (TPSA) is 24.9 Å². The number of thiazole rings is 1. The highest BCUT2D eigenvalue weighted by Gasteiger charge is 2.17. The van der Waals surface area contributed by atoms with Crippen LogP contribution in [0.15, 0.2) is 28.7 Å². The largest absolute Gasteiger partial charge is 0.312 e. The lowest BCUT2D eigenvalue weighted by Crippen LogP contribution is -2.18. The maximum absolute atomic E-state index is 4.51. The number of hydrogen-bond donors (Lipinski definition) is 1. The van der Waals surface area contributed by atoms with Crippen LogP contribution >= 0.6 is 27.3 Å². The zero-order valence-electron chi connectivity index (χ0n) is 10.8. The van der Waals surface area contributed by atoms with Crippen LogP contribution in [0.4, 0.5) is 0 Å². The maximum Gasteiger partial charge on any atom is 0.0900 e. The number of aromatic nitrogens is 1. The van der Waals surface area contributed by atoms with E-state index in [1.807, 2.05) is 13.1 Å². The Morgan fingerprint density at radius 2 is 2.06 bits per heavy atom. The third kappa shape index (κ3) is 2.99. The summed E-state index contributed by atoms with van der Waals surface area (Å²) in [5, 5.41) is 4.53. The van der Waals surface area contributed by atoms with Crippen LogP contribution < -0.4 is 5.32 Å². The molecule has 0 spiro atoms. The summed E-state index contributed by atoms with van der Waals surface area (Å²) < 4.78 is 1.17. The van der Waals surface area contributed by atoms with Crippen molar-refractivity contribution < 1.29 is 0 Å². The van der Waals surface area contributed by atoms with Crippen LogP contribution in [0.1, 0.15) is 27.2 Å². The number of nitrogens with zero attached hydrogens (tertiary/aromatic N) is 1. The summed E-state index contributed by atoms with van der Waals surface area (Å²) >= 11 is 5.39. The van der Waals surface area contributed by atoms with Gasteiger partial charge in [-0.05, 0) is 38.9 Å². The molecule has 0 amide bonds. The Balaban J connectivity index is 2.25. The quantitative estimate of drug-likeness (QED) is 0.918. The predicted octanol–water partition coefficient (Wildman–Crippen LogP) is 4.03. The van der Waals surface area contributed by atoms with Crippen molar-refractivity contribution in [3.05, 3.63) is 49.9 Å². The van der Waals surface area contributed by atoms with E-state index in [0.29, 0.717) is 6.04 Å². The zero-order chi connectivity index (χ0) is 13.1. The molecule has 2 rings (SSSR count). The summed E-state index contributed by atoms with van der Waals surface area (Å²) in [4.78, 5) is 5.85. The molecule has 2 aromatic rings. The van der Waals surface area contributed by atoms with Gasteiger partial charge in [0.1, 0.15) is 0 Å². The van der Waals surface area contributed by atoms with Gasteiger partial charge in [0.25, 0.3) is 0 Å². The molecule has 2 nitrogen and oxygen atoms in total. The highest BCUT2D eigenvalue weighted by atomic mass is 79.9. The van der Waals surface area contributed by atoms with Crippen molar-refractivity contribution in [3.8, 4) is 0 Å². The minimum absolute atomic E-state index is 0.329. The second-order valence-electron chi connectivity index (χ2n) is 4.32. The first-order valence-corrected chi connectivity index (χ1v) is 7.57. The van der Waals surface area contributed by atoms with Crippen molar-refractivity contribution in [1.82, 2.24) is 10.3 Å². The van der Waals surface area contributed by atoms with Gasteiger partial charge in [0, 0.05) is 15.4 Å². The summed E-state index contributed by atoms with van der Waals surface area (Å²) in [6, 6.07) is 8.71. The van der Waals surface area contributed by atoms with Crippen LogP contribution in [0.3, 0.4) is 0 Å². The van der Waals surface area contributed by atoms with Crippen LogP contribution in [0.25, 0.3) is 0 Å². The van der Waals surface area contributed by atoms with Gasteiger partial charge >= 0.3 is 0 Å². The number of likely N-dealkylation sites (N-methyl/N-ethyl adjacent to an activating group) is 1. The number of benzene rings is 1. The van der Waals surface area contributed by atoms with Crippen LogP contribution in [-0.2, 0) is 6.42 Å². The van der Waals surface area contributed by atoms with E-state index in [1.165, 1.54) is 14.9 Å². The van der Waals surface area contributed by atoms with E-state index in [0.717, 1.165) is 17.1 Å². The van der Waals surface area contributed by atoms with Crippen molar-refractivity contribution in [3.63, 3.8) is 0 Å². The highest BCUT2D eigenvalue weighted by molar-refractivity contribution is 9.10. The van der Waals surface area contributed by atoms with E-state index < -0.39 is 0 Å². The van der Waals surface area contributed by atoms with Gasteiger partial charge in [-0.3, -0.25) is 0 Å². The lowest BCUT2D eigenvalue weighted by atomic mass is 10.0. The Hall–Kier alpha value is -0.710. The molecule has 18 heavy (non-hydrogen) atoms. The minimum Gasteiger partial charge on any atom is -0.312 e. The Kier molecular flexibility index (Phi) is 4.54. The average molecular weight is 325 g/mol. The van der Waals surface area contributed by atoms with Gasteiger partial charge in [0.15, 0.2) is 0 Å². The van der Waals surface area contributed by atoms with Crippen LogP contribution in [0.2, 0.25) is 0 Å². The minimum atomic E-state index is 0.329. The summed E-state index contributed by atoms with van der Waals surface area (Å²) in [5.74, 6) is 0. The normalized spacial score (nSPS) is 12.7. The first-order valence-electron chi connectivity index (χ1n) is 5.96. The molecule has 0 saturated heterocycles. The van der Waals surface area contributed by atoms with E-state index in [1.54, 1.807) is 11.3 Å². The monoisotopic (exact) mass is 324 g/mol. The van der Waals surface area contributed by atoms with Crippen LogP contribution in [0, 0.1) is 13.8 Å². The Bertz CT molecular complexity index is 536. The summed E-state index contributed by atoms with van der Waals surface area (Å²) in [7, 11) is 2.01. The fourth-order valence-corrected chi connectivity index (χ4v) is 3.56. The van der Waals surface area contributed by atoms with Crippen molar-refractivity contribution in [1.29, 1.82) is 0 Å². The smallest absolute Gasteiger partial charge is 0.0900 e. The predicted molar refractivity (Wildman–Crippen MR) is 81.2 cm³/mol. The fraction of sp³-hybridized carbons (Fsp3) is 0.357. The van der Waals surface area contributed by atoms with Crippen molar-refractivity contribution in [2.24, 2.45) is 0 Å². The molecule has 0 saturated carbocycles. The number of halogens is 1. The molecule has 0 aliphatic carbocycles. The van der Waals surface area contributed by atoms with Crippen molar-refractivity contribution in [2.75, 3.05) is 7.05 Å². The second kappa shape index (κ2) is 5.95. The molecule has 1 N–H and O–H groups in total. The summed E-state index contributed by atoms with van der Waals surface area (Å²) in [6.07, 6.45) is 0.973. The lowest BCUT2D eigenvalue weighted by Gasteiger charge is -2.16. The first kappa shape index (κ1) is 13.7. The van der Waals surface area contributed by atoms with Crippen molar-refractivity contribution in [2.45, 2.75) is 26.3 Å². The highest BCUT2D eigenvalue weighted by Crippen LogP contribution is 2.29. The molecule has 1 unspecified atom stereocenters. The molecule has 0 fully saturated rings. The van der Waals surface area contributed by atoms with Gasteiger partial charge in [0.05, 0.1) is 10.7 Å². The van der Waals surface area contributed by atoms with Gasteiger partial charge in [-0.1, -0.05) is 34.1 Å². The standard InChI is InChI=1S/C14H17BrN2S/c1-9-14(18-10(2)17-9)13(16-3)8-11-6-4-5-7-12(11)15/h4-7,13,16H,8H2,1-3H3.